The average Bonchev–Trinajstić information content (AvgIpc) is 2.17. The van der Waals surface area contributed by atoms with Crippen LogP contribution in [0.25, 0.3) is 0 Å². The number of aromatic nitrogens is 2. The van der Waals surface area contributed by atoms with Gasteiger partial charge in [0.1, 0.15) is 4.47 Å². The highest BCUT2D eigenvalue weighted by atomic mass is 79.9. The van der Waals surface area contributed by atoms with E-state index in [1.165, 1.54) is 25.6 Å². The molecule has 0 unspecified atom stereocenters. The minimum Gasteiger partial charge on any atom is -0.298 e. The Bertz CT molecular complexity index is 440. The van der Waals surface area contributed by atoms with E-state index in [1.807, 2.05) is 0 Å². The van der Waals surface area contributed by atoms with Crippen molar-refractivity contribution in [1.82, 2.24) is 9.55 Å². The quantitative estimate of drug-likeness (QED) is 0.785. The van der Waals surface area contributed by atoms with Crippen LogP contribution in [0.15, 0.2) is 15.6 Å². The Labute approximate surface area is 102 Å². The van der Waals surface area contributed by atoms with Crippen LogP contribution in [-0.4, -0.2) is 9.55 Å². The van der Waals surface area contributed by atoms with Crippen LogP contribution in [0.5, 0.6) is 0 Å². The average molecular weight is 292 g/mol. The number of hydrogen-bond acceptors (Lipinski definition) is 2. The van der Waals surface area contributed by atoms with E-state index in [-0.39, 0.29) is 16.1 Å². The first-order chi connectivity index (χ1) is 7.02. The lowest BCUT2D eigenvalue weighted by atomic mass is 9.70. The molecule has 1 aliphatic carbocycles. The first-order valence-corrected chi connectivity index (χ1v) is 6.09. The summed E-state index contributed by atoms with van der Waals surface area (Å²) < 4.78 is 1.99. The predicted octanol–water partition coefficient (Wildman–Crippen LogP) is 2.85. The van der Waals surface area contributed by atoms with Crippen LogP contribution < -0.4 is 5.56 Å². The van der Waals surface area contributed by atoms with Gasteiger partial charge in [-0.3, -0.25) is 9.36 Å². The van der Waals surface area contributed by atoms with Gasteiger partial charge in [-0.1, -0.05) is 24.9 Å². The summed E-state index contributed by atoms with van der Waals surface area (Å²) in [5.41, 5.74) is 0.168. The SMILES string of the molecule is CC1(Cn2cnc(Cl)c(Br)c2=O)CCC1. The fraction of sp³-hybridized carbons (Fsp3) is 0.600. The highest BCUT2D eigenvalue weighted by molar-refractivity contribution is 9.10. The lowest BCUT2D eigenvalue weighted by Crippen LogP contribution is -2.35. The van der Waals surface area contributed by atoms with E-state index >= 15 is 0 Å². The zero-order chi connectivity index (χ0) is 11.1. The topological polar surface area (TPSA) is 34.9 Å². The second-order valence-electron chi connectivity index (χ2n) is 4.45. The van der Waals surface area contributed by atoms with Crippen LogP contribution >= 0.6 is 27.5 Å². The summed E-state index contributed by atoms with van der Waals surface area (Å²) in [6, 6.07) is 0. The summed E-state index contributed by atoms with van der Waals surface area (Å²) in [4.78, 5) is 15.8. The molecule has 3 nitrogen and oxygen atoms in total. The molecule has 2 rings (SSSR count). The summed E-state index contributed by atoms with van der Waals surface area (Å²) in [6.07, 6.45) is 5.14. The Balaban J connectivity index is 2.30. The van der Waals surface area contributed by atoms with E-state index in [1.54, 1.807) is 4.57 Å². The largest absolute Gasteiger partial charge is 0.298 e. The number of halogens is 2. The zero-order valence-corrected chi connectivity index (χ0v) is 10.8. The van der Waals surface area contributed by atoms with Gasteiger partial charge in [0.25, 0.3) is 5.56 Å². The number of rotatable bonds is 2. The lowest BCUT2D eigenvalue weighted by molar-refractivity contribution is 0.129. The highest BCUT2D eigenvalue weighted by Gasteiger charge is 2.32. The summed E-state index contributed by atoms with van der Waals surface area (Å²) in [7, 11) is 0. The number of hydrogen-bond donors (Lipinski definition) is 0. The third-order valence-corrected chi connectivity index (χ3v) is 4.28. The molecule has 1 aromatic rings. The van der Waals surface area contributed by atoms with Crippen molar-refractivity contribution in [2.45, 2.75) is 32.7 Å². The van der Waals surface area contributed by atoms with Crippen molar-refractivity contribution in [3.63, 3.8) is 0 Å². The Morgan fingerprint density at radius 2 is 2.33 bits per heavy atom. The molecule has 82 valence electrons. The van der Waals surface area contributed by atoms with Gasteiger partial charge in [-0.25, -0.2) is 4.98 Å². The molecule has 0 atom stereocenters. The van der Waals surface area contributed by atoms with Crippen LogP contribution in [0.2, 0.25) is 5.15 Å². The molecule has 0 aromatic carbocycles. The lowest BCUT2D eigenvalue weighted by Gasteiger charge is -2.38. The number of nitrogens with zero attached hydrogens (tertiary/aromatic N) is 2. The van der Waals surface area contributed by atoms with Gasteiger partial charge in [-0.15, -0.1) is 0 Å². The second kappa shape index (κ2) is 3.91. The van der Waals surface area contributed by atoms with E-state index in [9.17, 15) is 4.79 Å². The van der Waals surface area contributed by atoms with Gasteiger partial charge in [0.05, 0.1) is 6.33 Å². The van der Waals surface area contributed by atoms with Crippen molar-refractivity contribution < 1.29 is 0 Å². The maximum absolute atomic E-state index is 11.8. The van der Waals surface area contributed by atoms with Crippen LogP contribution in [0.3, 0.4) is 0 Å². The van der Waals surface area contributed by atoms with Gasteiger partial charge < -0.3 is 0 Å². The molecule has 1 aliphatic rings. The highest BCUT2D eigenvalue weighted by Crippen LogP contribution is 2.41. The van der Waals surface area contributed by atoms with E-state index in [0.717, 1.165) is 6.54 Å². The smallest absolute Gasteiger partial charge is 0.269 e. The normalized spacial score (nSPS) is 18.6. The summed E-state index contributed by atoms with van der Waals surface area (Å²) in [6.45, 7) is 2.93. The Morgan fingerprint density at radius 1 is 1.67 bits per heavy atom. The summed E-state index contributed by atoms with van der Waals surface area (Å²) in [5, 5.41) is 0.231. The minimum absolute atomic E-state index is 0.0943. The third-order valence-electron chi connectivity index (χ3n) is 3.05. The standard InChI is InChI=1S/C10H12BrClN2O/c1-10(3-2-4-10)5-14-6-13-8(12)7(11)9(14)15/h6H,2-5H2,1H3. The second-order valence-corrected chi connectivity index (χ2v) is 5.60. The molecule has 1 aromatic heterocycles. The van der Waals surface area contributed by atoms with Gasteiger partial charge >= 0.3 is 0 Å². The van der Waals surface area contributed by atoms with E-state index in [2.05, 4.69) is 27.8 Å². The van der Waals surface area contributed by atoms with E-state index < -0.39 is 0 Å². The molecule has 0 amide bonds. The van der Waals surface area contributed by atoms with Crippen LogP contribution in [0.4, 0.5) is 0 Å². The molecule has 1 fully saturated rings. The molecule has 15 heavy (non-hydrogen) atoms. The van der Waals surface area contributed by atoms with Crippen molar-refractivity contribution in [3.8, 4) is 0 Å². The maximum atomic E-state index is 11.8. The van der Waals surface area contributed by atoms with Crippen molar-refractivity contribution in [2.75, 3.05) is 0 Å². The van der Waals surface area contributed by atoms with Gasteiger partial charge in [0, 0.05) is 6.54 Å². The maximum Gasteiger partial charge on any atom is 0.269 e. The van der Waals surface area contributed by atoms with Crippen LogP contribution in [-0.2, 0) is 6.54 Å². The Hall–Kier alpha value is -0.350. The van der Waals surface area contributed by atoms with Gasteiger partial charge in [0.15, 0.2) is 5.15 Å². The Kier molecular flexibility index (Phi) is 2.90. The van der Waals surface area contributed by atoms with Gasteiger partial charge in [-0.05, 0) is 34.2 Å². The summed E-state index contributed by atoms with van der Waals surface area (Å²) >= 11 is 8.88. The molecule has 0 N–H and O–H groups in total. The van der Waals surface area contributed by atoms with Crippen LogP contribution in [0, 0.1) is 5.41 Å². The van der Waals surface area contributed by atoms with Crippen molar-refractivity contribution in [3.05, 3.63) is 26.3 Å². The molecule has 5 heteroatoms. The van der Waals surface area contributed by atoms with Crippen molar-refractivity contribution in [2.24, 2.45) is 5.41 Å². The molecular formula is C10H12BrClN2O. The fourth-order valence-corrected chi connectivity index (χ4v) is 2.36. The molecule has 0 saturated heterocycles. The zero-order valence-electron chi connectivity index (χ0n) is 8.46. The first-order valence-electron chi connectivity index (χ1n) is 4.92. The first kappa shape index (κ1) is 11.1. The molecule has 0 aliphatic heterocycles. The molecule has 0 bridgehead atoms. The predicted molar refractivity (Wildman–Crippen MR) is 63.2 cm³/mol. The van der Waals surface area contributed by atoms with E-state index in [0.29, 0.717) is 4.47 Å². The van der Waals surface area contributed by atoms with Crippen molar-refractivity contribution >= 4 is 27.5 Å². The molecule has 0 radical (unpaired) electrons. The van der Waals surface area contributed by atoms with Crippen LogP contribution in [0.1, 0.15) is 26.2 Å². The minimum atomic E-state index is -0.0943. The van der Waals surface area contributed by atoms with Gasteiger partial charge in [-0.2, -0.15) is 0 Å². The summed E-state index contributed by atoms with van der Waals surface area (Å²) in [5.74, 6) is 0. The Morgan fingerprint density at radius 3 is 2.87 bits per heavy atom. The van der Waals surface area contributed by atoms with Gasteiger partial charge in [0.2, 0.25) is 0 Å². The fourth-order valence-electron chi connectivity index (χ4n) is 1.91. The molecular weight excluding hydrogens is 279 g/mol. The monoisotopic (exact) mass is 290 g/mol. The van der Waals surface area contributed by atoms with E-state index in [4.69, 9.17) is 11.6 Å². The molecule has 0 spiro atoms. The molecule has 1 saturated carbocycles. The molecule has 1 heterocycles. The third kappa shape index (κ3) is 2.11. The van der Waals surface area contributed by atoms with Crippen molar-refractivity contribution in [1.29, 1.82) is 0 Å².